The van der Waals surface area contributed by atoms with Gasteiger partial charge < -0.3 is 20.1 Å². The van der Waals surface area contributed by atoms with E-state index in [1.54, 1.807) is 4.90 Å². The fourth-order valence-electron chi connectivity index (χ4n) is 2.54. The SMILES string of the molecule is COC(=O)C(N)C1CCC(C)(C)CN1C(=O)OC(C)(C)C. The van der Waals surface area contributed by atoms with Crippen LogP contribution in [0.2, 0.25) is 0 Å². The lowest BCUT2D eigenvalue weighted by atomic mass is 9.80. The largest absolute Gasteiger partial charge is 0.468 e. The first-order chi connectivity index (χ1) is 9.47. The number of methoxy groups -OCH3 is 1. The summed E-state index contributed by atoms with van der Waals surface area (Å²) in [7, 11) is 1.30. The number of likely N-dealkylation sites (tertiary alicyclic amines) is 1. The molecule has 6 nitrogen and oxygen atoms in total. The zero-order chi connectivity index (χ0) is 16.4. The first kappa shape index (κ1) is 17.8. The number of carbonyl (C=O) groups is 2. The number of amides is 1. The maximum atomic E-state index is 12.4. The number of rotatable bonds is 2. The van der Waals surface area contributed by atoms with E-state index in [0.717, 1.165) is 6.42 Å². The van der Waals surface area contributed by atoms with Crippen molar-refractivity contribution in [3.8, 4) is 0 Å². The molecule has 0 spiro atoms. The molecule has 0 aromatic carbocycles. The minimum Gasteiger partial charge on any atom is -0.468 e. The van der Waals surface area contributed by atoms with E-state index < -0.39 is 23.7 Å². The van der Waals surface area contributed by atoms with Crippen LogP contribution in [0.3, 0.4) is 0 Å². The number of carbonyl (C=O) groups excluding carboxylic acids is 2. The molecule has 2 unspecified atom stereocenters. The predicted molar refractivity (Wildman–Crippen MR) is 79.7 cm³/mol. The van der Waals surface area contributed by atoms with Gasteiger partial charge in [0.2, 0.25) is 0 Å². The van der Waals surface area contributed by atoms with Crippen LogP contribution in [0.25, 0.3) is 0 Å². The van der Waals surface area contributed by atoms with Crippen LogP contribution in [0, 0.1) is 5.41 Å². The third-order valence-corrected chi connectivity index (χ3v) is 3.63. The molecule has 1 aliphatic rings. The Morgan fingerprint density at radius 1 is 1.33 bits per heavy atom. The highest BCUT2D eigenvalue weighted by molar-refractivity contribution is 5.78. The summed E-state index contributed by atoms with van der Waals surface area (Å²) in [5, 5.41) is 0. The van der Waals surface area contributed by atoms with Crippen molar-refractivity contribution in [1.29, 1.82) is 0 Å². The summed E-state index contributed by atoms with van der Waals surface area (Å²) in [5.74, 6) is -0.506. The van der Waals surface area contributed by atoms with Gasteiger partial charge in [0.1, 0.15) is 11.6 Å². The van der Waals surface area contributed by atoms with Gasteiger partial charge in [-0.1, -0.05) is 13.8 Å². The van der Waals surface area contributed by atoms with Crippen molar-refractivity contribution in [2.75, 3.05) is 13.7 Å². The summed E-state index contributed by atoms with van der Waals surface area (Å²) >= 11 is 0. The highest BCUT2D eigenvalue weighted by atomic mass is 16.6. The number of nitrogens with two attached hydrogens (primary N) is 1. The maximum absolute atomic E-state index is 12.4. The van der Waals surface area contributed by atoms with E-state index >= 15 is 0 Å². The molecular weight excluding hydrogens is 272 g/mol. The van der Waals surface area contributed by atoms with E-state index in [1.807, 2.05) is 20.8 Å². The van der Waals surface area contributed by atoms with Crippen LogP contribution >= 0.6 is 0 Å². The van der Waals surface area contributed by atoms with Gasteiger partial charge in [-0.25, -0.2) is 4.79 Å². The van der Waals surface area contributed by atoms with Gasteiger partial charge in [0, 0.05) is 6.54 Å². The molecule has 1 amide bonds. The second-order valence-corrected chi connectivity index (χ2v) is 7.43. The molecule has 0 aromatic rings. The average Bonchev–Trinajstić information content (AvgIpc) is 2.34. The first-order valence-corrected chi connectivity index (χ1v) is 7.30. The lowest BCUT2D eigenvalue weighted by Crippen LogP contribution is -2.59. The minimum atomic E-state index is -0.849. The molecule has 21 heavy (non-hydrogen) atoms. The van der Waals surface area contributed by atoms with Crippen molar-refractivity contribution in [3.63, 3.8) is 0 Å². The van der Waals surface area contributed by atoms with Crippen LogP contribution in [-0.4, -0.2) is 48.3 Å². The molecule has 1 saturated heterocycles. The second-order valence-electron chi connectivity index (χ2n) is 7.43. The predicted octanol–water partition coefficient (Wildman–Crippen LogP) is 1.91. The molecular formula is C15H28N2O4. The third kappa shape index (κ3) is 4.88. The lowest BCUT2D eigenvalue weighted by molar-refractivity contribution is -0.144. The van der Waals surface area contributed by atoms with Crippen molar-refractivity contribution in [3.05, 3.63) is 0 Å². The normalized spacial score (nSPS) is 23.4. The number of hydrogen-bond donors (Lipinski definition) is 1. The van der Waals surface area contributed by atoms with Gasteiger partial charge in [-0.2, -0.15) is 0 Å². The number of nitrogens with zero attached hydrogens (tertiary/aromatic N) is 1. The minimum absolute atomic E-state index is 0.0246. The van der Waals surface area contributed by atoms with Gasteiger partial charge in [-0.15, -0.1) is 0 Å². The van der Waals surface area contributed by atoms with E-state index in [4.69, 9.17) is 15.2 Å². The lowest BCUT2D eigenvalue weighted by Gasteiger charge is -2.45. The molecule has 2 atom stereocenters. The number of piperidine rings is 1. The Bertz CT molecular complexity index is 401. The van der Waals surface area contributed by atoms with Crippen molar-refractivity contribution in [2.45, 2.75) is 65.1 Å². The molecule has 2 N–H and O–H groups in total. The monoisotopic (exact) mass is 300 g/mol. The summed E-state index contributed by atoms with van der Waals surface area (Å²) in [6.07, 6.45) is 1.11. The van der Waals surface area contributed by atoms with E-state index in [9.17, 15) is 9.59 Å². The molecule has 1 aliphatic heterocycles. The first-order valence-electron chi connectivity index (χ1n) is 7.30. The fraction of sp³-hybridized carbons (Fsp3) is 0.867. The standard InChI is InChI=1S/C15H28N2O4/c1-14(2,3)21-13(19)17-9-15(4,5)8-7-10(17)11(16)12(18)20-6/h10-11H,7-9,16H2,1-6H3. The van der Waals surface area contributed by atoms with Gasteiger partial charge in [0.25, 0.3) is 0 Å². The van der Waals surface area contributed by atoms with Crippen LogP contribution < -0.4 is 5.73 Å². The Kier molecular flexibility index (Phi) is 5.25. The number of hydrogen-bond acceptors (Lipinski definition) is 5. The van der Waals surface area contributed by atoms with E-state index in [0.29, 0.717) is 13.0 Å². The molecule has 0 saturated carbocycles. The highest BCUT2D eigenvalue weighted by Crippen LogP contribution is 2.34. The van der Waals surface area contributed by atoms with Crippen LogP contribution in [-0.2, 0) is 14.3 Å². The maximum Gasteiger partial charge on any atom is 0.410 e. The Balaban J connectivity index is 2.94. The topological polar surface area (TPSA) is 81.9 Å². The van der Waals surface area contributed by atoms with Gasteiger partial charge in [0.15, 0.2) is 0 Å². The molecule has 0 radical (unpaired) electrons. The molecule has 1 heterocycles. The number of esters is 1. The number of ether oxygens (including phenoxy) is 2. The Morgan fingerprint density at radius 3 is 2.38 bits per heavy atom. The van der Waals surface area contributed by atoms with Crippen molar-refractivity contribution >= 4 is 12.1 Å². The van der Waals surface area contributed by atoms with E-state index in [2.05, 4.69) is 13.8 Å². The van der Waals surface area contributed by atoms with Crippen molar-refractivity contribution in [1.82, 2.24) is 4.90 Å². The van der Waals surface area contributed by atoms with Crippen LogP contribution in [0.5, 0.6) is 0 Å². The van der Waals surface area contributed by atoms with E-state index in [-0.39, 0.29) is 11.5 Å². The molecule has 0 aromatic heterocycles. The summed E-state index contributed by atoms with van der Waals surface area (Å²) < 4.78 is 10.1. The summed E-state index contributed by atoms with van der Waals surface area (Å²) in [5.41, 5.74) is 5.35. The molecule has 1 fully saturated rings. The van der Waals surface area contributed by atoms with Gasteiger partial charge >= 0.3 is 12.1 Å². The quantitative estimate of drug-likeness (QED) is 0.788. The van der Waals surface area contributed by atoms with E-state index in [1.165, 1.54) is 7.11 Å². The Labute approximate surface area is 126 Å². The molecule has 122 valence electrons. The van der Waals surface area contributed by atoms with Crippen LogP contribution in [0.4, 0.5) is 4.79 Å². The average molecular weight is 300 g/mol. The zero-order valence-corrected chi connectivity index (χ0v) is 13.9. The smallest absolute Gasteiger partial charge is 0.410 e. The molecule has 1 rings (SSSR count). The summed E-state index contributed by atoms with van der Waals surface area (Å²) in [6.45, 7) is 10.1. The highest BCUT2D eigenvalue weighted by Gasteiger charge is 2.42. The Morgan fingerprint density at radius 2 is 1.90 bits per heavy atom. The third-order valence-electron chi connectivity index (χ3n) is 3.63. The van der Waals surface area contributed by atoms with Gasteiger partial charge in [-0.05, 0) is 39.0 Å². The Hall–Kier alpha value is -1.30. The molecule has 0 bridgehead atoms. The molecule has 0 aliphatic carbocycles. The van der Waals surface area contributed by atoms with Crippen LogP contribution in [0.15, 0.2) is 0 Å². The fourth-order valence-corrected chi connectivity index (χ4v) is 2.54. The summed E-state index contributed by atoms with van der Waals surface area (Å²) in [6, 6.07) is -1.24. The van der Waals surface area contributed by atoms with Gasteiger partial charge in [-0.3, -0.25) is 4.79 Å². The van der Waals surface area contributed by atoms with Crippen molar-refractivity contribution < 1.29 is 19.1 Å². The zero-order valence-electron chi connectivity index (χ0n) is 13.9. The van der Waals surface area contributed by atoms with Crippen LogP contribution in [0.1, 0.15) is 47.5 Å². The second kappa shape index (κ2) is 6.22. The summed E-state index contributed by atoms with van der Waals surface area (Å²) in [4.78, 5) is 25.7. The molecule has 6 heteroatoms. The van der Waals surface area contributed by atoms with Gasteiger partial charge in [0.05, 0.1) is 13.2 Å². The van der Waals surface area contributed by atoms with Crippen molar-refractivity contribution in [2.24, 2.45) is 11.1 Å².